The highest BCUT2D eigenvalue weighted by Crippen LogP contribution is 2.17. The maximum Gasteiger partial charge on any atom is 0.254 e. The summed E-state index contributed by atoms with van der Waals surface area (Å²) >= 11 is 0. The molecule has 1 amide bonds. The zero-order valence-corrected chi connectivity index (χ0v) is 10.8. The average molecular weight is 248 g/mol. The van der Waals surface area contributed by atoms with Gasteiger partial charge in [-0.3, -0.25) is 9.69 Å². The Bertz CT molecular complexity index is 401. The Morgan fingerprint density at radius 2 is 2.06 bits per heavy atom. The van der Waals surface area contributed by atoms with E-state index in [1.165, 1.54) is 25.9 Å². The molecule has 0 bridgehead atoms. The molecule has 1 fully saturated rings. The molecule has 4 heteroatoms. The Balaban J connectivity index is 1.89. The van der Waals surface area contributed by atoms with Gasteiger partial charge < -0.3 is 10.1 Å². The van der Waals surface area contributed by atoms with E-state index in [2.05, 4.69) is 10.2 Å². The predicted octanol–water partition coefficient (Wildman–Crippen LogP) is 1.52. The molecule has 0 unspecified atom stereocenters. The summed E-state index contributed by atoms with van der Waals surface area (Å²) in [4.78, 5) is 14.0. The summed E-state index contributed by atoms with van der Waals surface area (Å²) in [6.07, 6.45) is 2.57. The van der Waals surface area contributed by atoms with E-state index in [-0.39, 0.29) is 5.91 Å². The van der Waals surface area contributed by atoms with Gasteiger partial charge in [-0.15, -0.1) is 0 Å². The van der Waals surface area contributed by atoms with Crippen LogP contribution in [0.15, 0.2) is 24.3 Å². The Hall–Kier alpha value is -1.55. The van der Waals surface area contributed by atoms with Gasteiger partial charge in [0, 0.05) is 13.6 Å². The highest BCUT2D eigenvalue weighted by molar-refractivity contribution is 5.96. The van der Waals surface area contributed by atoms with Gasteiger partial charge in [-0.2, -0.15) is 0 Å². The second-order valence-electron chi connectivity index (χ2n) is 4.47. The fourth-order valence-corrected chi connectivity index (χ4v) is 2.21. The van der Waals surface area contributed by atoms with Crippen LogP contribution in [0.3, 0.4) is 0 Å². The quantitative estimate of drug-likeness (QED) is 0.859. The van der Waals surface area contributed by atoms with E-state index in [9.17, 15) is 4.79 Å². The predicted molar refractivity (Wildman–Crippen MR) is 71.0 cm³/mol. The molecule has 18 heavy (non-hydrogen) atoms. The molecule has 1 heterocycles. The van der Waals surface area contributed by atoms with Gasteiger partial charge in [0.25, 0.3) is 5.91 Å². The van der Waals surface area contributed by atoms with Gasteiger partial charge in [0.05, 0.1) is 5.56 Å². The lowest BCUT2D eigenvalue weighted by Crippen LogP contribution is -2.25. The van der Waals surface area contributed by atoms with Gasteiger partial charge in [-0.1, -0.05) is 12.1 Å². The summed E-state index contributed by atoms with van der Waals surface area (Å²) in [5.74, 6) is 0.558. The van der Waals surface area contributed by atoms with Crippen LogP contribution in [-0.2, 0) is 0 Å². The van der Waals surface area contributed by atoms with Crippen LogP contribution in [0.4, 0.5) is 0 Å². The van der Waals surface area contributed by atoms with Crippen molar-refractivity contribution >= 4 is 5.91 Å². The van der Waals surface area contributed by atoms with Crippen LogP contribution in [0, 0.1) is 0 Å². The lowest BCUT2D eigenvalue weighted by atomic mass is 10.2. The number of rotatable bonds is 5. The first-order valence-electron chi connectivity index (χ1n) is 6.47. The van der Waals surface area contributed by atoms with Crippen molar-refractivity contribution in [1.82, 2.24) is 10.2 Å². The maximum absolute atomic E-state index is 11.7. The number of carbonyl (C=O) groups excluding carboxylic acids is 1. The van der Waals surface area contributed by atoms with Crippen molar-refractivity contribution in [2.75, 3.05) is 33.3 Å². The van der Waals surface area contributed by atoms with Crippen LogP contribution in [-0.4, -0.2) is 44.1 Å². The molecule has 0 radical (unpaired) electrons. The van der Waals surface area contributed by atoms with Gasteiger partial charge in [-0.05, 0) is 38.1 Å². The van der Waals surface area contributed by atoms with Crippen LogP contribution in [0.25, 0.3) is 0 Å². The Morgan fingerprint density at radius 3 is 2.78 bits per heavy atom. The summed E-state index contributed by atoms with van der Waals surface area (Å²) in [5.41, 5.74) is 0.599. The SMILES string of the molecule is CNC(=O)c1ccccc1OCCN1CCCC1. The molecular formula is C14H20N2O2. The van der Waals surface area contributed by atoms with Crippen molar-refractivity contribution in [2.45, 2.75) is 12.8 Å². The second kappa shape index (κ2) is 6.40. The first-order valence-corrected chi connectivity index (χ1v) is 6.47. The number of nitrogens with one attached hydrogen (secondary N) is 1. The molecular weight excluding hydrogens is 228 g/mol. The van der Waals surface area contributed by atoms with E-state index < -0.39 is 0 Å². The number of hydrogen-bond donors (Lipinski definition) is 1. The number of hydrogen-bond acceptors (Lipinski definition) is 3. The number of amides is 1. The Labute approximate surface area is 108 Å². The van der Waals surface area contributed by atoms with Gasteiger partial charge in [-0.25, -0.2) is 0 Å². The van der Waals surface area contributed by atoms with E-state index in [1.54, 1.807) is 13.1 Å². The molecule has 1 aromatic rings. The molecule has 4 nitrogen and oxygen atoms in total. The fourth-order valence-electron chi connectivity index (χ4n) is 2.21. The minimum absolute atomic E-state index is 0.105. The van der Waals surface area contributed by atoms with Gasteiger partial charge in [0.1, 0.15) is 12.4 Å². The van der Waals surface area contributed by atoms with E-state index in [1.807, 2.05) is 18.2 Å². The second-order valence-corrected chi connectivity index (χ2v) is 4.47. The number of ether oxygens (including phenoxy) is 1. The Kier molecular flexibility index (Phi) is 4.59. The first kappa shape index (κ1) is 12.9. The van der Waals surface area contributed by atoms with Crippen molar-refractivity contribution in [3.63, 3.8) is 0 Å². The molecule has 2 rings (SSSR count). The van der Waals surface area contributed by atoms with E-state index in [0.29, 0.717) is 17.9 Å². The van der Waals surface area contributed by atoms with Crippen molar-refractivity contribution in [2.24, 2.45) is 0 Å². The smallest absolute Gasteiger partial charge is 0.254 e. The number of para-hydroxylation sites is 1. The van der Waals surface area contributed by atoms with E-state index in [0.717, 1.165) is 6.54 Å². The minimum Gasteiger partial charge on any atom is -0.491 e. The third kappa shape index (κ3) is 3.23. The standard InChI is InChI=1S/C14H20N2O2/c1-15-14(17)12-6-2-3-7-13(12)18-11-10-16-8-4-5-9-16/h2-3,6-7H,4-5,8-11H2,1H3,(H,15,17). The number of likely N-dealkylation sites (tertiary alicyclic amines) is 1. The molecule has 1 N–H and O–H groups in total. The third-order valence-electron chi connectivity index (χ3n) is 3.22. The zero-order valence-electron chi connectivity index (χ0n) is 10.8. The minimum atomic E-state index is -0.105. The van der Waals surface area contributed by atoms with Gasteiger partial charge in [0.2, 0.25) is 0 Å². The molecule has 1 aromatic carbocycles. The Morgan fingerprint density at radius 1 is 1.33 bits per heavy atom. The third-order valence-corrected chi connectivity index (χ3v) is 3.22. The molecule has 0 spiro atoms. The van der Waals surface area contributed by atoms with Crippen LogP contribution >= 0.6 is 0 Å². The van der Waals surface area contributed by atoms with Gasteiger partial charge >= 0.3 is 0 Å². The average Bonchev–Trinajstić information content (AvgIpc) is 2.92. The summed E-state index contributed by atoms with van der Waals surface area (Å²) in [5, 5.41) is 2.62. The van der Waals surface area contributed by atoms with Crippen molar-refractivity contribution in [1.29, 1.82) is 0 Å². The summed E-state index contributed by atoms with van der Waals surface area (Å²) in [6.45, 7) is 3.90. The molecule has 1 aliphatic heterocycles. The monoisotopic (exact) mass is 248 g/mol. The summed E-state index contributed by atoms with van der Waals surface area (Å²) < 4.78 is 5.72. The van der Waals surface area contributed by atoms with E-state index in [4.69, 9.17) is 4.74 Å². The highest BCUT2D eigenvalue weighted by Gasteiger charge is 2.13. The lowest BCUT2D eigenvalue weighted by Gasteiger charge is -2.16. The van der Waals surface area contributed by atoms with Crippen LogP contribution in [0.1, 0.15) is 23.2 Å². The first-order chi connectivity index (χ1) is 8.81. The molecule has 0 aliphatic carbocycles. The van der Waals surface area contributed by atoms with Gasteiger partial charge in [0.15, 0.2) is 0 Å². The van der Waals surface area contributed by atoms with Crippen LogP contribution in [0.5, 0.6) is 5.75 Å². The summed E-state index contributed by atoms with van der Waals surface area (Å²) in [7, 11) is 1.63. The molecule has 0 saturated carbocycles. The van der Waals surface area contributed by atoms with Crippen molar-refractivity contribution < 1.29 is 9.53 Å². The van der Waals surface area contributed by atoms with Crippen LogP contribution < -0.4 is 10.1 Å². The normalized spacial score (nSPS) is 15.6. The topological polar surface area (TPSA) is 41.6 Å². The largest absolute Gasteiger partial charge is 0.491 e. The highest BCUT2D eigenvalue weighted by atomic mass is 16.5. The van der Waals surface area contributed by atoms with Crippen molar-refractivity contribution in [3.8, 4) is 5.75 Å². The van der Waals surface area contributed by atoms with Crippen molar-refractivity contribution in [3.05, 3.63) is 29.8 Å². The molecule has 0 atom stereocenters. The molecule has 98 valence electrons. The summed E-state index contributed by atoms with van der Waals surface area (Å²) in [6, 6.07) is 7.36. The van der Waals surface area contributed by atoms with Crippen LogP contribution in [0.2, 0.25) is 0 Å². The number of carbonyl (C=O) groups is 1. The zero-order chi connectivity index (χ0) is 12.8. The molecule has 0 aromatic heterocycles. The fraction of sp³-hybridized carbons (Fsp3) is 0.500. The molecule has 1 saturated heterocycles. The number of nitrogens with zero attached hydrogens (tertiary/aromatic N) is 1. The maximum atomic E-state index is 11.7. The van der Waals surface area contributed by atoms with E-state index >= 15 is 0 Å². The number of benzene rings is 1. The lowest BCUT2D eigenvalue weighted by molar-refractivity contribution is 0.0958. The molecule has 1 aliphatic rings.